The Labute approximate surface area is 135 Å². The summed E-state index contributed by atoms with van der Waals surface area (Å²) in [6, 6.07) is 0. The van der Waals surface area contributed by atoms with Crippen LogP contribution in [0.1, 0.15) is 26.2 Å². The number of unbranched alkanes of at least 4 members (excludes halogenated alkanes) is 1. The first-order chi connectivity index (χ1) is 7.22. The van der Waals surface area contributed by atoms with E-state index in [4.69, 9.17) is 0 Å². The summed E-state index contributed by atoms with van der Waals surface area (Å²) in [5.74, 6) is -0.550. The monoisotopic (exact) mass is 309 g/mol. The first-order valence-corrected chi connectivity index (χ1v) is 7.40. The van der Waals surface area contributed by atoms with Crippen molar-refractivity contribution in [3.8, 4) is 0 Å². The molecule has 1 amide bonds. The zero-order valence-electron chi connectivity index (χ0n) is 9.92. The van der Waals surface area contributed by atoms with Crippen LogP contribution in [0.4, 0.5) is 0 Å². The zero-order chi connectivity index (χ0) is 12.8. The van der Waals surface area contributed by atoms with E-state index < -0.39 is 10.1 Å². The van der Waals surface area contributed by atoms with E-state index in [0.29, 0.717) is 19.3 Å². The number of hydrogen-bond acceptors (Lipinski definition) is 6. The van der Waals surface area contributed by atoms with Gasteiger partial charge in [-0.1, -0.05) is 6.42 Å². The number of nitrogens with one attached hydrogen (secondary N) is 1. The molecule has 0 radical (unpaired) electrons. The molecule has 0 heterocycles. The van der Waals surface area contributed by atoms with Gasteiger partial charge >= 0.3 is 29.6 Å². The molecule has 0 saturated carbocycles. The Morgan fingerprint density at radius 3 is 2.29 bits per heavy atom. The Morgan fingerprint density at radius 1 is 1.35 bits per heavy atom. The summed E-state index contributed by atoms with van der Waals surface area (Å²) < 4.78 is 30.9. The number of carbonyl (C=O) groups is 1. The Morgan fingerprint density at radius 2 is 1.88 bits per heavy atom. The van der Waals surface area contributed by atoms with Crippen LogP contribution in [0.15, 0.2) is 0 Å². The zero-order valence-corrected chi connectivity index (χ0v) is 14.5. The van der Waals surface area contributed by atoms with Crippen molar-refractivity contribution in [1.29, 1.82) is 0 Å². The van der Waals surface area contributed by atoms with Crippen LogP contribution in [0.3, 0.4) is 0 Å². The molecule has 17 heavy (non-hydrogen) atoms. The minimum Gasteiger partial charge on any atom is -0.748 e. The third-order valence-electron chi connectivity index (χ3n) is 1.86. The van der Waals surface area contributed by atoms with Gasteiger partial charge in [-0.15, -0.1) is 0 Å². The maximum absolute atomic E-state index is 10.7. The average Bonchev–Trinajstić information content (AvgIpc) is 2.09. The van der Waals surface area contributed by atoms with Gasteiger partial charge in [0.1, 0.15) is 0 Å². The van der Waals surface area contributed by atoms with Crippen molar-refractivity contribution in [3.05, 3.63) is 0 Å². The Bertz CT molecular complexity index is 323. The van der Waals surface area contributed by atoms with E-state index in [9.17, 15) is 17.8 Å². The molecule has 0 aliphatic rings. The molecule has 0 saturated heterocycles. The summed E-state index contributed by atoms with van der Waals surface area (Å²) >= 11 is 8.36. The molecule has 96 valence electrons. The van der Waals surface area contributed by atoms with Crippen LogP contribution in [0.25, 0.3) is 0 Å². The van der Waals surface area contributed by atoms with Gasteiger partial charge in [0.15, 0.2) is 0 Å². The number of hydrogen-bond donors (Lipinski definition) is 3. The molecule has 2 atom stereocenters. The van der Waals surface area contributed by atoms with E-state index in [-0.39, 0.29) is 51.8 Å². The smallest absolute Gasteiger partial charge is 0.748 e. The SMILES string of the molecule is CC(=O)NC(S)C(S)CCCCS(=O)(=O)[O-].[Na+]. The van der Waals surface area contributed by atoms with Crippen LogP contribution in [-0.2, 0) is 14.9 Å². The second-order valence-electron chi connectivity index (χ2n) is 3.47. The van der Waals surface area contributed by atoms with Gasteiger partial charge in [-0.2, -0.15) is 25.3 Å². The molecule has 0 aliphatic carbocycles. The normalized spacial score (nSPS) is 14.6. The fourth-order valence-electron chi connectivity index (χ4n) is 1.09. The molecule has 0 rings (SSSR count). The van der Waals surface area contributed by atoms with Crippen molar-refractivity contribution in [2.45, 2.75) is 36.8 Å². The fourth-order valence-corrected chi connectivity index (χ4v) is 2.24. The predicted octanol–water partition coefficient (Wildman–Crippen LogP) is -2.60. The van der Waals surface area contributed by atoms with Crippen molar-refractivity contribution < 1.29 is 47.3 Å². The van der Waals surface area contributed by atoms with Crippen LogP contribution < -0.4 is 34.9 Å². The van der Waals surface area contributed by atoms with E-state index in [2.05, 4.69) is 30.6 Å². The summed E-state index contributed by atoms with van der Waals surface area (Å²) in [4.78, 5) is 10.7. The van der Waals surface area contributed by atoms with Gasteiger partial charge in [0.25, 0.3) is 0 Å². The van der Waals surface area contributed by atoms with Crippen molar-refractivity contribution in [1.82, 2.24) is 5.32 Å². The molecule has 1 N–H and O–H groups in total. The largest absolute Gasteiger partial charge is 1.00 e. The minimum atomic E-state index is -4.13. The van der Waals surface area contributed by atoms with Gasteiger partial charge in [-0.05, 0) is 12.8 Å². The van der Waals surface area contributed by atoms with Gasteiger partial charge in [0, 0.05) is 17.9 Å². The van der Waals surface area contributed by atoms with Crippen molar-refractivity contribution >= 4 is 41.3 Å². The van der Waals surface area contributed by atoms with Gasteiger partial charge < -0.3 is 9.87 Å². The van der Waals surface area contributed by atoms with Crippen LogP contribution in [0, 0.1) is 0 Å². The van der Waals surface area contributed by atoms with Crippen LogP contribution in [0.2, 0.25) is 0 Å². The topological polar surface area (TPSA) is 86.3 Å². The first-order valence-electron chi connectivity index (χ1n) is 4.79. The first kappa shape index (κ1) is 20.4. The third-order valence-corrected chi connectivity index (χ3v) is 3.93. The molecule has 9 heteroatoms. The molecule has 0 spiro atoms. The van der Waals surface area contributed by atoms with Crippen LogP contribution in [-0.4, -0.2) is 35.3 Å². The van der Waals surface area contributed by atoms with E-state index in [0.717, 1.165) is 0 Å². The molecule has 5 nitrogen and oxygen atoms in total. The van der Waals surface area contributed by atoms with Gasteiger partial charge in [0.2, 0.25) is 5.91 Å². The van der Waals surface area contributed by atoms with Crippen LogP contribution >= 0.6 is 25.3 Å². The van der Waals surface area contributed by atoms with E-state index >= 15 is 0 Å². The standard InChI is InChI=1S/C8H17NO4S3.Na/c1-6(10)9-8(15)7(14)4-2-3-5-16(11,12)13;/h7-8,14-15H,2-5H2,1H3,(H,9,10)(H,11,12,13);/q;+1/p-1. The molecular weight excluding hydrogens is 293 g/mol. The van der Waals surface area contributed by atoms with E-state index in [1.165, 1.54) is 6.92 Å². The van der Waals surface area contributed by atoms with E-state index in [1.807, 2.05) is 0 Å². The van der Waals surface area contributed by atoms with Crippen molar-refractivity contribution in [2.24, 2.45) is 0 Å². The second-order valence-corrected chi connectivity index (χ2v) is 6.21. The van der Waals surface area contributed by atoms with Crippen molar-refractivity contribution in [2.75, 3.05) is 5.75 Å². The molecule has 0 aromatic carbocycles. The predicted molar refractivity (Wildman–Crippen MR) is 67.8 cm³/mol. The Balaban J connectivity index is 0. The number of rotatable bonds is 7. The molecule has 0 aliphatic heterocycles. The molecule has 0 bridgehead atoms. The summed E-state index contributed by atoms with van der Waals surface area (Å²) in [7, 11) is -4.13. The average molecular weight is 309 g/mol. The van der Waals surface area contributed by atoms with Gasteiger partial charge in [-0.25, -0.2) is 8.42 Å². The molecule has 2 unspecified atom stereocenters. The van der Waals surface area contributed by atoms with Crippen molar-refractivity contribution in [3.63, 3.8) is 0 Å². The molecule has 0 aromatic rings. The second kappa shape index (κ2) is 9.94. The molecule has 0 aromatic heterocycles. The third kappa shape index (κ3) is 13.3. The summed E-state index contributed by atoms with van der Waals surface area (Å²) in [6.45, 7) is 1.38. The molecule has 0 fully saturated rings. The Hall–Kier alpha value is 1.08. The Kier molecular flexibility index (Phi) is 11.9. The minimum absolute atomic E-state index is 0. The molecular formula is C8H16NNaO4S3. The van der Waals surface area contributed by atoms with Crippen LogP contribution in [0.5, 0.6) is 0 Å². The maximum Gasteiger partial charge on any atom is 1.00 e. The summed E-state index contributed by atoms with van der Waals surface area (Å²) in [5, 5.41) is 2.03. The number of thiol groups is 2. The van der Waals surface area contributed by atoms with E-state index in [1.54, 1.807) is 0 Å². The summed E-state index contributed by atoms with van der Waals surface area (Å²) in [6.07, 6.45) is 1.46. The maximum atomic E-state index is 10.7. The van der Waals surface area contributed by atoms with Gasteiger partial charge in [-0.3, -0.25) is 4.79 Å². The fraction of sp³-hybridized carbons (Fsp3) is 0.875. The quantitative estimate of drug-likeness (QED) is 0.158. The number of carbonyl (C=O) groups excluding carboxylic acids is 1. The summed E-state index contributed by atoms with van der Waals surface area (Å²) in [5.41, 5.74) is 0. The van der Waals surface area contributed by atoms with Gasteiger partial charge in [0.05, 0.1) is 15.5 Å². The number of amides is 1.